The van der Waals surface area contributed by atoms with Gasteiger partial charge in [0.05, 0.1) is 0 Å². The summed E-state index contributed by atoms with van der Waals surface area (Å²) in [4.78, 5) is 24.3. The van der Waals surface area contributed by atoms with Gasteiger partial charge in [0, 0.05) is 13.7 Å². The molecule has 1 aliphatic carbocycles. The number of hydrogen-bond acceptors (Lipinski definition) is 6. The monoisotopic (exact) mass is 356 g/mol. The lowest BCUT2D eigenvalue weighted by molar-refractivity contribution is -0.150. The van der Waals surface area contributed by atoms with Gasteiger partial charge in [-0.25, -0.2) is 0 Å². The number of aliphatic hydroxyl groups is 3. The Morgan fingerprint density at radius 1 is 1.24 bits per heavy atom. The molecule has 8 heteroatoms. The van der Waals surface area contributed by atoms with Crippen molar-refractivity contribution in [1.82, 2.24) is 10.6 Å². The quantitative estimate of drug-likeness (QED) is 0.349. The van der Waals surface area contributed by atoms with E-state index >= 15 is 0 Å². The fourth-order valence-electron chi connectivity index (χ4n) is 2.79. The van der Waals surface area contributed by atoms with Crippen LogP contribution in [-0.4, -0.2) is 71.2 Å². The first-order valence-corrected chi connectivity index (χ1v) is 8.77. The van der Waals surface area contributed by atoms with E-state index in [4.69, 9.17) is 4.74 Å². The number of methoxy groups -OCH3 is 1. The largest absolute Gasteiger partial charge is 0.387 e. The van der Waals surface area contributed by atoms with E-state index in [0.717, 1.165) is 25.7 Å². The molecular weight excluding hydrogens is 328 g/mol. The Kier molecular flexibility index (Phi) is 7.37. The first-order chi connectivity index (χ1) is 11.9. The first kappa shape index (κ1) is 19.8. The minimum absolute atomic E-state index is 0.275. The van der Waals surface area contributed by atoms with Gasteiger partial charge in [-0.15, -0.1) is 0 Å². The second kappa shape index (κ2) is 9.28. The van der Waals surface area contributed by atoms with Crippen LogP contribution < -0.4 is 10.6 Å². The molecule has 0 radical (unpaired) electrons. The Balaban J connectivity index is 1.93. The van der Waals surface area contributed by atoms with Crippen LogP contribution in [0, 0.1) is 5.92 Å². The Bertz CT molecular complexity index is 494. The SMILES string of the molecule is CO[C@@H](C(=O)N[C@H]1CCCCNC1=O)[C@H](O)[C@@H](O)[C@H](O)/C=C/C1CC1. The molecule has 2 aliphatic rings. The van der Waals surface area contributed by atoms with Crippen molar-refractivity contribution < 1.29 is 29.6 Å². The number of rotatable bonds is 8. The average Bonchev–Trinajstić information content (AvgIpc) is 3.42. The molecule has 2 rings (SSSR count). The fraction of sp³-hybridized carbons (Fsp3) is 0.765. The molecule has 0 spiro atoms. The van der Waals surface area contributed by atoms with Gasteiger partial charge < -0.3 is 30.7 Å². The van der Waals surface area contributed by atoms with E-state index in [1.807, 2.05) is 0 Å². The summed E-state index contributed by atoms with van der Waals surface area (Å²) in [6.07, 6.45) is 1.54. The van der Waals surface area contributed by atoms with E-state index in [2.05, 4.69) is 10.6 Å². The summed E-state index contributed by atoms with van der Waals surface area (Å²) in [5, 5.41) is 35.5. The molecule has 0 aromatic carbocycles. The summed E-state index contributed by atoms with van der Waals surface area (Å²) in [6, 6.07) is -0.698. The molecule has 0 aromatic heterocycles. The molecule has 0 aromatic rings. The van der Waals surface area contributed by atoms with Crippen LogP contribution in [0.1, 0.15) is 32.1 Å². The fourth-order valence-corrected chi connectivity index (χ4v) is 2.79. The summed E-state index contributed by atoms with van der Waals surface area (Å²) in [5.41, 5.74) is 0. The van der Waals surface area contributed by atoms with Crippen LogP contribution in [0.15, 0.2) is 12.2 Å². The highest BCUT2D eigenvalue weighted by molar-refractivity contribution is 5.89. The molecule has 2 amide bonds. The van der Waals surface area contributed by atoms with Crippen LogP contribution in [0.25, 0.3) is 0 Å². The van der Waals surface area contributed by atoms with Gasteiger partial charge in [0.25, 0.3) is 5.91 Å². The molecule has 2 fully saturated rings. The normalized spacial score (nSPS) is 26.4. The van der Waals surface area contributed by atoms with Crippen LogP contribution in [0.3, 0.4) is 0 Å². The number of aliphatic hydroxyl groups excluding tert-OH is 3. The van der Waals surface area contributed by atoms with Gasteiger partial charge in [0.2, 0.25) is 5.91 Å². The van der Waals surface area contributed by atoms with Crippen molar-refractivity contribution in [1.29, 1.82) is 0 Å². The van der Waals surface area contributed by atoms with Gasteiger partial charge in [-0.05, 0) is 38.0 Å². The first-order valence-electron chi connectivity index (χ1n) is 8.77. The number of allylic oxidation sites excluding steroid dienone is 1. The predicted molar refractivity (Wildman–Crippen MR) is 89.5 cm³/mol. The molecule has 8 nitrogen and oxygen atoms in total. The highest BCUT2D eigenvalue weighted by atomic mass is 16.5. The lowest BCUT2D eigenvalue weighted by atomic mass is 10.0. The van der Waals surface area contributed by atoms with Gasteiger partial charge in [0.1, 0.15) is 24.4 Å². The van der Waals surface area contributed by atoms with Crippen LogP contribution in [-0.2, 0) is 14.3 Å². The third-order valence-corrected chi connectivity index (χ3v) is 4.58. The Morgan fingerprint density at radius 2 is 1.96 bits per heavy atom. The number of nitrogens with one attached hydrogen (secondary N) is 2. The van der Waals surface area contributed by atoms with Crippen molar-refractivity contribution in [2.75, 3.05) is 13.7 Å². The van der Waals surface area contributed by atoms with Crippen molar-refractivity contribution >= 4 is 11.8 Å². The average molecular weight is 356 g/mol. The maximum Gasteiger partial charge on any atom is 0.252 e. The third-order valence-electron chi connectivity index (χ3n) is 4.58. The summed E-state index contributed by atoms with van der Waals surface area (Å²) in [7, 11) is 1.22. The van der Waals surface area contributed by atoms with Gasteiger partial charge in [-0.1, -0.05) is 12.2 Å². The van der Waals surface area contributed by atoms with E-state index in [1.165, 1.54) is 13.2 Å². The van der Waals surface area contributed by atoms with Crippen molar-refractivity contribution in [3.05, 3.63) is 12.2 Å². The van der Waals surface area contributed by atoms with Crippen molar-refractivity contribution in [3.63, 3.8) is 0 Å². The second-order valence-electron chi connectivity index (χ2n) is 6.70. The zero-order valence-electron chi connectivity index (χ0n) is 14.4. The maximum absolute atomic E-state index is 12.4. The molecule has 0 unspecified atom stereocenters. The number of hydrogen-bond donors (Lipinski definition) is 5. The number of carbonyl (C=O) groups excluding carboxylic acids is 2. The van der Waals surface area contributed by atoms with Crippen molar-refractivity contribution in [2.24, 2.45) is 5.92 Å². The van der Waals surface area contributed by atoms with Gasteiger partial charge in [-0.3, -0.25) is 9.59 Å². The summed E-state index contributed by atoms with van der Waals surface area (Å²) in [5.74, 6) is -0.563. The van der Waals surface area contributed by atoms with Crippen molar-refractivity contribution in [2.45, 2.75) is 62.6 Å². The minimum Gasteiger partial charge on any atom is -0.387 e. The van der Waals surface area contributed by atoms with E-state index in [-0.39, 0.29) is 5.91 Å². The minimum atomic E-state index is -1.63. The molecule has 5 atom stereocenters. The molecule has 25 heavy (non-hydrogen) atoms. The van der Waals surface area contributed by atoms with Crippen LogP contribution in [0.5, 0.6) is 0 Å². The molecule has 5 N–H and O–H groups in total. The van der Waals surface area contributed by atoms with Crippen molar-refractivity contribution in [3.8, 4) is 0 Å². The summed E-state index contributed by atoms with van der Waals surface area (Å²) >= 11 is 0. The Labute approximate surface area is 147 Å². The van der Waals surface area contributed by atoms with Crippen LogP contribution >= 0.6 is 0 Å². The second-order valence-corrected chi connectivity index (χ2v) is 6.70. The molecule has 1 saturated carbocycles. The molecule has 1 saturated heterocycles. The van der Waals surface area contributed by atoms with E-state index in [0.29, 0.717) is 18.9 Å². The van der Waals surface area contributed by atoms with E-state index < -0.39 is 36.4 Å². The zero-order valence-corrected chi connectivity index (χ0v) is 14.4. The predicted octanol–water partition coefficient (Wildman–Crippen LogP) is -1.16. The molecule has 0 bridgehead atoms. The highest BCUT2D eigenvalue weighted by Gasteiger charge is 2.37. The summed E-state index contributed by atoms with van der Waals surface area (Å²) < 4.78 is 5.00. The van der Waals surface area contributed by atoms with Crippen LogP contribution in [0.2, 0.25) is 0 Å². The number of amides is 2. The van der Waals surface area contributed by atoms with E-state index in [9.17, 15) is 24.9 Å². The lowest BCUT2D eigenvalue weighted by Gasteiger charge is -2.28. The maximum atomic E-state index is 12.4. The Hall–Kier alpha value is -1.48. The summed E-state index contributed by atoms with van der Waals surface area (Å²) in [6.45, 7) is 0.569. The smallest absolute Gasteiger partial charge is 0.252 e. The van der Waals surface area contributed by atoms with Gasteiger partial charge >= 0.3 is 0 Å². The third kappa shape index (κ3) is 5.78. The molecule has 1 aliphatic heterocycles. The zero-order chi connectivity index (χ0) is 18.4. The highest BCUT2D eigenvalue weighted by Crippen LogP contribution is 2.30. The topological polar surface area (TPSA) is 128 Å². The van der Waals surface area contributed by atoms with Gasteiger partial charge in [0.15, 0.2) is 6.10 Å². The molecular formula is C17H28N2O6. The van der Waals surface area contributed by atoms with E-state index in [1.54, 1.807) is 6.08 Å². The molecule has 142 valence electrons. The number of ether oxygens (including phenoxy) is 1. The lowest BCUT2D eigenvalue weighted by Crippen LogP contribution is -2.55. The molecule has 1 heterocycles. The van der Waals surface area contributed by atoms with Gasteiger partial charge in [-0.2, -0.15) is 0 Å². The van der Waals surface area contributed by atoms with Crippen LogP contribution in [0.4, 0.5) is 0 Å². The number of carbonyl (C=O) groups is 2. The standard InChI is InChI=1S/C17H28N2O6/c1-25-15(14(22)13(21)12(20)8-7-10-5-6-10)17(24)19-11-4-2-3-9-18-16(11)23/h7-8,10-15,20-22H,2-6,9H2,1H3,(H,18,23)(H,19,24)/b8-7+/t11-,12+,13-,14+,15+/m0/s1. The Morgan fingerprint density at radius 3 is 2.60 bits per heavy atom.